The molecule has 1 N–H and O–H groups in total. The van der Waals surface area contributed by atoms with Crippen LogP contribution < -0.4 is 0 Å². The normalized spacial score (nSPS) is 22.5. The standard InChI is InChI=1S/C23H20ClN3O3S/c1-2-14-12-31-23-26-20(17-5-3-4-10-25-17)21(27(14)23)19-9-8-18(30-19)15-11-13(22(28)29)6-7-16(15)24/h3-11,14,20-21H,2,12H2,1H3,(H,28,29)/t14-,20+,21-/m1/s1. The summed E-state index contributed by atoms with van der Waals surface area (Å²) in [6.07, 6.45) is 2.79. The Bertz CT molecular complexity index is 1160. The number of pyridine rings is 1. The molecule has 0 amide bonds. The fourth-order valence-corrected chi connectivity index (χ4v) is 5.71. The van der Waals surface area contributed by atoms with Crippen LogP contribution in [0.15, 0.2) is 64.1 Å². The number of nitrogens with zero attached hydrogens (tertiary/aromatic N) is 3. The van der Waals surface area contributed by atoms with Crippen LogP contribution in [0.25, 0.3) is 11.3 Å². The van der Waals surface area contributed by atoms with E-state index in [0.29, 0.717) is 22.4 Å². The summed E-state index contributed by atoms with van der Waals surface area (Å²) in [6, 6.07) is 14.3. The quantitative estimate of drug-likeness (QED) is 0.536. The van der Waals surface area contributed by atoms with Gasteiger partial charge in [-0.1, -0.05) is 36.4 Å². The molecule has 0 radical (unpaired) electrons. The molecular formula is C23H20ClN3O3S. The summed E-state index contributed by atoms with van der Waals surface area (Å²) in [6.45, 7) is 2.18. The van der Waals surface area contributed by atoms with Crippen molar-refractivity contribution < 1.29 is 14.3 Å². The third kappa shape index (κ3) is 3.51. The number of furan rings is 1. The second-order valence-electron chi connectivity index (χ2n) is 7.54. The van der Waals surface area contributed by atoms with Crippen LogP contribution in [-0.4, -0.2) is 37.9 Å². The Kier molecular flexibility index (Phi) is 5.24. The van der Waals surface area contributed by atoms with E-state index in [0.717, 1.165) is 28.8 Å². The van der Waals surface area contributed by atoms with E-state index in [1.165, 1.54) is 6.07 Å². The Hall–Kier alpha value is -2.77. The van der Waals surface area contributed by atoms with Crippen LogP contribution in [0.2, 0.25) is 5.02 Å². The lowest BCUT2D eigenvalue weighted by atomic mass is 10.0. The number of benzene rings is 1. The maximum atomic E-state index is 11.4. The molecule has 2 aliphatic heterocycles. The maximum absolute atomic E-state index is 11.4. The highest BCUT2D eigenvalue weighted by molar-refractivity contribution is 8.14. The van der Waals surface area contributed by atoms with Crippen LogP contribution in [0.1, 0.15) is 47.2 Å². The van der Waals surface area contributed by atoms with Crippen LogP contribution in [-0.2, 0) is 0 Å². The van der Waals surface area contributed by atoms with Crippen molar-refractivity contribution in [1.29, 1.82) is 0 Å². The fourth-order valence-electron chi connectivity index (χ4n) is 4.16. The highest BCUT2D eigenvalue weighted by Crippen LogP contribution is 2.49. The number of hydrogen-bond donors (Lipinski definition) is 1. The Balaban J connectivity index is 1.56. The molecule has 0 saturated carbocycles. The van der Waals surface area contributed by atoms with E-state index in [2.05, 4.69) is 16.8 Å². The molecule has 8 heteroatoms. The van der Waals surface area contributed by atoms with Crippen molar-refractivity contribution in [3.8, 4) is 11.3 Å². The van der Waals surface area contributed by atoms with Gasteiger partial charge in [0.25, 0.3) is 0 Å². The van der Waals surface area contributed by atoms with Crippen molar-refractivity contribution in [2.75, 3.05) is 5.75 Å². The molecule has 0 bridgehead atoms. The van der Waals surface area contributed by atoms with Gasteiger partial charge in [-0.05, 0) is 48.9 Å². The molecule has 3 atom stereocenters. The lowest BCUT2D eigenvalue weighted by molar-refractivity contribution is 0.0697. The smallest absolute Gasteiger partial charge is 0.335 e. The van der Waals surface area contributed by atoms with Crippen molar-refractivity contribution in [3.63, 3.8) is 0 Å². The number of thioether (sulfide) groups is 1. The van der Waals surface area contributed by atoms with E-state index in [1.807, 2.05) is 30.3 Å². The van der Waals surface area contributed by atoms with E-state index < -0.39 is 5.97 Å². The van der Waals surface area contributed by atoms with Crippen molar-refractivity contribution in [2.45, 2.75) is 31.5 Å². The van der Waals surface area contributed by atoms with E-state index in [1.54, 1.807) is 30.1 Å². The zero-order valence-corrected chi connectivity index (χ0v) is 18.3. The summed E-state index contributed by atoms with van der Waals surface area (Å²) >= 11 is 8.14. The van der Waals surface area contributed by atoms with Gasteiger partial charge >= 0.3 is 5.97 Å². The SMILES string of the molecule is CC[C@@H]1CSC2=N[C@@H](c3ccccn3)[C@@H](c3ccc(-c4cc(C(=O)O)ccc4Cl)o3)N21. The predicted octanol–water partition coefficient (Wildman–Crippen LogP) is 5.67. The van der Waals surface area contributed by atoms with Gasteiger partial charge in [-0.3, -0.25) is 4.98 Å². The Morgan fingerprint density at radius 3 is 2.90 bits per heavy atom. The second kappa shape index (κ2) is 8.05. The summed E-state index contributed by atoms with van der Waals surface area (Å²) < 4.78 is 6.29. The zero-order chi connectivity index (χ0) is 21.5. The van der Waals surface area contributed by atoms with Gasteiger partial charge in [0.05, 0.1) is 16.3 Å². The van der Waals surface area contributed by atoms with Crippen molar-refractivity contribution in [3.05, 3.63) is 76.8 Å². The number of rotatable bonds is 5. The summed E-state index contributed by atoms with van der Waals surface area (Å²) in [5.74, 6) is 1.30. The lowest BCUT2D eigenvalue weighted by Gasteiger charge is -2.30. The molecule has 5 rings (SSSR count). The van der Waals surface area contributed by atoms with E-state index in [-0.39, 0.29) is 17.6 Å². The van der Waals surface area contributed by atoms with Crippen LogP contribution in [0.4, 0.5) is 0 Å². The summed E-state index contributed by atoms with van der Waals surface area (Å²) in [7, 11) is 0. The molecule has 158 valence electrons. The van der Waals surface area contributed by atoms with Crippen LogP contribution >= 0.6 is 23.4 Å². The van der Waals surface area contributed by atoms with Crippen LogP contribution in [0, 0.1) is 0 Å². The monoisotopic (exact) mass is 453 g/mol. The molecule has 0 spiro atoms. The van der Waals surface area contributed by atoms with Gasteiger partial charge in [-0.2, -0.15) is 0 Å². The van der Waals surface area contributed by atoms with Gasteiger partial charge in [0, 0.05) is 23.6 Å². The minimum atomic E-state index is -1.01. The number of halogens is 1. The summed E-state index contributed by atoms with van der Waals surface area (Å²) in [5, 5.41) is 10.8. The number of hydrogen-bond acceptors (Lipinski definition) is 6. The van der Waals surface area contributed by atoms with Crippen LogP contribution in [0.5, 0.6) is 0 Å². The van der Waals surface area contributed by atoms with Crippen molar-refractivity contribution in [1.82, 2.24) is 9.88 Å². The van der Waals surface area contributed by atoms with E-state index >= 15 is 0 Å². The first-order valence-corrected chi connectivity index (χ1v) is 11.5. The number of amidine groups is 1. The molecule has 1 fully saturated rings. The second-order valence-corrected chi connectivity index (χ2v) is 8.93. The minimum absolute atomic E-state index is 0.111. The third-order valence-corrected chi connectivity index (χ3v) is 7.18. The Morgan fingerprint density at radius 1 is 1.29 bits per heavy atom. The van der Waals surface area contributed by atoms with Crippen LogP contribution in [0.3, 0.4) is 0 Å². The summed E-state index contributed by atoms with van der Waals surface area (Å²) in [5.41, 5.74) is 1.62. The predicted molar refractivity (Wildman–Crippen MR) is 122 cm³/mol. The number of carboxylic acids is 1. The molecule has 1 saturated heterocycles. The first-order chi connectivity index (χ1) is 15.1. The topological polar surface area (TPSA) is 78.9 Å². The molecular weight excluding hydrogens is 434 g/mol. The molecule has 6 nitrogen and oxygen atoms in total. The van der Waals surface area contributed by atoms with Gasteiger partial charge in [-0.25, -0.2) is 9.79 Å². The maximum Gasteiger partial charge on any atom is 0.335 e. The zero-order valence-electron chi connectivity index (χ0n) is 16.7. The first-order valence-electron chi connectivity index (χ1n) is 10.1. The number of aromatic carboxylic acids is 1. The largest absolute Gasteiger partial charge is 0.478 e. The molecule has 0 aliphatic carbocycles. The minimum Gasteiger partial charge on any atom is -0.478 e. The number of carboxylic acid groups (broad SMARTS) is 1. The molecule has 1 aromatic carbocycles. The average molecular weight is 454 g/mol. The van der Waals surface area contributed by atoms with Gasteiger partial charge in [-0.15, -0.1) is 0 Å². The fraction of sp³-hybridized carbons (Fsp3) is 0.261. The van der Waals surface area contributed by atoms with Gasteiger partial charge in [0.2, 0.25) is 0 Å². The summed E-state index contributed by atoms with van der Waals surface area (Å²) in [4.78, 5) is 23.3. The number of fused-ring (bicyclic) bond motifs is 1. The van der Waals surface area contributed by atoms with E-state index in [4.69, 9.17) is 21.0 Å². The average Bonchev–Trinajstić information content (AvgIpc) is 3.49. The van der Waals surface area contributed by atoms with Gasteiger partial charge in [0.1, 0.15) is 23.6 Å². The first kappa shape index (κ1) is 20.2. The molecule has 0 unspecified atom stereocenters. The highest BCUT2D eigenvalue weighted by Gasteiger charge is 2.46. The Labute approximate surface area is 189 Å². The van der Waals surface area contributed by atoms with Gasteiger partial charge < -0.3 is 14.4 Å². The molecule has 2 aliphatic rings. The van der Waals surface area contributed by atoms with E-state index in [9.17, 15) is 9.90 Å². The van der Waals surface area contributed by atoms with Crippen molar-refractivity contribution in [2.24, 2.45) is 4.99 Å². The molecule has 2 aromatic heterocycles. The van der Waals surface area contributed by atoms with Gasteiger partial charge in [0.15, 0.2) is 5.17 Å². The molecule has 31 heavy (non-hydrogen) atoms. The number of aromatic nitrogens is 1. The number of carbonyl (C=O) groups is 1. The third-order valence-electron chi connectivity index (χ3n) is 5.73. The molecule has 3 aromatic rings. The molecule has 4 heterocycles. The highest BCUT2D eigenvalue weighted by atomic mass is 35.5. The van der Waals surface area contributed by atoms with Crippen molar-refractivity contribution >= 4 is 34.5 Å². The number of aliphatic imine (C=N–C) groups is 1. The lowest BCUT2D eigenvalue weighted by Crippen LogP contribution is -2.35. The Morgan fingerprint density at radius 2 is 2.16 bits per heavy atom.